The fourth-order valence-corrected chi connectivity index (χ4v) is 4.45. The van der Waals surface area contributed by atoms with E-state index in [-0.39, 0.29) is 5.91 Å². The van der Waals surface area contributed by atoms with Crippen LogP contribution in [0, 0.1) is 12.7 Å². The summed E-state index contributed by atoms with van der Waals surface area (Å²) >= 11 is 0. The van der Waals surface area contributed by atoms with Crippen LogP contribution in [0.5, 0.6) is 0 Å². The van der Waals surface area contributed by atoms with Gasteiger partial charge in [0.25, 0.3) is 0 Å². The van der Waals surface area contributed by atoms with Crippen molar-refractivity contribution < 1.29 is 18.7 Å². The number of carbonyl (C=O) groups is 2. The molecule has 0 aliphatic carbocycles. The first-order chi connectivity index (χ1) is 17.5. The third kappa shape index (κ3) is 5.22. The van der Waals surface area contributed by atoms with Crippen molar-refractivity contribution in [2.45, 2.75) is 19.6 Å². The summed E-state index contributed by atoms with van der Waals surface area (Å²) in [6, 6.07) is 14.4. The number of aryl methyl sites for hydroxylation is 1. The van der Waals surface area contributed by atoms with Gasteiger partial charge in [0, 0.05) is 38.5 Å². The average molecular weight is 491 g/mol. The molecule has 36 heavy (non-hydrogen) atoms. The first-order valence-electron chi connectivity index (χ1n) is 11.9. The molecule has 0 spiro atoms. The molecular formula is C26H27FN6O3. The predicted molar refractivity (Wildman–Crippen MR) is 133 cm³/mol. The van der Waals surface area contributed by atoms with Gasteiger partial charge in [-0.2, -0.15) is 0 Å². The topological polar surface area (TPSA) is 83.8 Å². The van der Waals surface area contributed by atoms with Gasteiger partial charge in [0.1, 0.15) is 11.9 Å². The maximum Gasteiger partial charge on any atom is 0.414 e. The minimum Gasteiger partial charge on any atom is -0.442 e. The number of aromatic nitrogens is 3. The van der Waals surface area contributed by atoms with Gasteiger partial charge in [-0.1, -0.05) is 35.5 Å². The van der Waals surface area contributed by atoms with E-state index in [1.807, 2.05) is 42.2 Å². The van der Waals surface area contributed by atoms with Crippen LogP contribution < -0.4 is 9.80 Å². The van der Waals surface area contributed by atoms with Crippen LogP contribution in [0.2, 0.25) is 0 Å². The van der Waals surface area contributed by atoms with Crippen molar-refractivity contribution in [3.05, 3.63) is 77.9 Å². The van der Waals surface area contributed by atoms with Gasteiger partial charge in [0.05, 0.1) is 30.2 Å². The highest BCUT2D eigenvalue weighted by atomic mass is 19.1. The summed E-state index contributed by atoms with van der Waals surface area (Å²) < 4.78 is 22.2. The Morgan fingerprint density at radius 1 is 1.14 bits per heavy atom. The molecule has 0 saturated carbocycles. The molecule has 0 bridgehead atoms. The second kappa shape index (κ2) is 10.2. The van der Waals surface area contributed by atoms with E-state index in [0.29, 0.717) is 50.6 Å². The van der Waals surface area contributed by atoms with Crippen LogP contribution in [0.4, 0.5) is 20.6 Å². The number of carbonyl (C=O) groups excluding carboxylic acids is 2. The number of ether oxygens (including phenoxy) is 1. The second-order valence-electron chi connectivity index (χ2n) is 8.89. The van der Waals surface area contributed by atoms with E-state index >= 15 is 4.39 Å². The van der Waals surface area contributed by atoms with E-state index in [1.54, 1.807) is 40.1 Å². The summed E-state index contributed by atoms with van der Waals surface area (Å²) in [7, 11) is 0. The lowest BCUT2D eigenvalue weighted by atomic mass is 10.2. The van der Waals surface area contributed by atoms with Gasteiger partial charge in [-0.05, 0) is 36.8 Å². The van der Waals surface area contributed by atoms with Crippen LogP contribution in [0.1, 0.15) is 11.3 Å². The highest BCUT2D eigenvalue weighted by Crippen LogP contribution is 2.29. The van der Waals surface area contributed by atoms with Crippen molar-refractivity contribution in [3.8, 4) is 0 Å². The Hall–Kier alpha value is -4.21. The molecular weight excluding hydrogens is 463 g/mol. The molecule has 5 rings (SSSR count). The number of hydrogen-bond donors (Lipinski definition) is 0. The van der Waals surface area contributed by atoms with Crippen molar-refractivity contribution in [1.29, 1.82) is 0 Å². The number of rotatable bonds is 6. The zero-order chi connectivity index (χ0) is 25.1. The lowest BCUT2D eigenvalue weighted by Gasteiger charge is -2.36. The average Bonchev–Trinajstić information content (AvgIpc) is 3.47. The maximum atomic E-state index is 15.1. The quantitative estimate of drug-likeness (QED) is 0.494. The fourth-order valence-electron chi connectivity index (χ4n) is 4.45. The van der Waals surface area contributed by atoms with Crippen LogP contribution in [0.25, 0.3) is 6.08 Å². The van der Waals surface area contributed by atoms with E-state index < -0.39 is 18.0 Å². The molecule has 2 amide bonds. The number of piperazine rings is 1. The normalized spacial score (nSPS) is 18.2. The number of amides is 2. The van der Waals surface area contributed by atoms with Crippen LogP contribution in [-0.2, 0) is 16.1 Å². The molecule has 0 radical (unpaired) electrons. The third-order valence-electron chi connectivity index (χ3n) is 6.31. The first kappa shape index (κ1) is 23.5. The molecule has 10 heteroatoms. The third-order valence-corrected chi connectivity index (χ3v) is 6.31. The number of cyclic esters (lactones) is 1. The first-order valence-corrected chi connectivity index (χ1v) is 11.9. The predicted octanol–water partition coefficient (Wildman–Crippen LogP) is 3.11. The largest absolute Gasteiger partial charge is 0.442 e. The molecule has 3 heterocycles. The van der Waals surface area contributed by atoms with Crippen molar-refractivity contribution in [3.63, 3.8) is 0 Å². The summed E-state index contributed by atoms with van der Waals surface area (Å²) in [5.41, 5.74) is 2.64. The minimum atomic E-state index is -0.514. The van der Waals surface area contributed by atoms with Crippen LogP contribution in [0.15, 0.2) is 60.8 Å². The van der Waals surface area contributed by atoms with Gasteiger partial charge in [-0.25, -0.2) is 13.9 Å². The van der Waals surface area contributed by atoms with Gasteiger partial charge in [0.2, 0.25) is 5.91 Å². The highest BCUT2D eigenvalue weighted by molar-refractivity contribution is 5.92. The minimum absolute atomic E-state index is 0.0579. The number of halogens is 1. The summed E-state index contributed by atoms with van der Waals surface area (Å²) in [6.07, 6.45) is 4.24. The zero-order valence-corrected chi connectivity index (χ0v) is 20.0. The second-order valence-corrected chi connectivity index (χ2v) is 8.89. The van der Waals surface area contributed by atoms with E-state index in [4.69, 9.17) is 4.74 Å². The van der Waals surface area contributed by atoms with E-state index in [2.05, 4.69) is 10.3 Å². The lowest BCUT2D eigenvalue weighted by Crippen LogP contribution is -2.48. The summed E-state index contributed by atoms with van der Waals surface area (Å²) in [6.45, 7) is 4.56. The molecule has 1 aromatic heterocycles. The molecule has 2 aromatic carbocycles. The van der Waals surface area contributed by atoms with Crippen molar-refractivity contribution in [2.24, 2.45) is 0 Å². The van der Waals surface area contributed by atoms with E-state index in [0.717, 1.165) is 11.3 Å². The molecule has 0 N–H and O–H groups in total. The van der Waals surface area contributed by atoms with E-state index in [1.165, 1.54) is 11.0 Å². The highest BCUT2D eigenvalue weighted by Gasteiger charge is 2.33. The van der Waals surface area contributed by atoms with Crippen molar-refractivity contribution in [1.82, 2.24) is 19.9 Å². The number of hydrogen-bond acceptors (Lipinski definition) is 6. The summed E-state index contributed by atoms with van der Waals surface area (Å²) in [5, 5.41) is 7.92. The van der Waals surface area contributed by atoms with Gasteiger partial charge in [-0.3, -0.25) is 9.69 Å². The van der Waals surface area contributed by atoms with E-state index in [9.17, 15) is 9.59 Å². The molecule has 2 aliphatic heterocycles. The van der Waals surface area contributed by atoms with Gasteiger partial charge >= 0.3 is 6.09 Å². The summed E-state index contributed by atoms with van der Waals surface area (Å²) in [5.74, 6) is -0.475. The smallest absolute Gasteiger partial charge is 0.414 e. The van der Waals surface area contributed by atoms with Crippen LogP contribution in [0.3, 0.4) is 0 Å². The fraction of sp³-hybridized carbons (Fsp3) is 0.308. The Labute approximate surface area is 208 Å². The molecule has 3 aromatic rings. The number of anilines is 2. The zero-order valence-electron chi connectivity index (χ0n) is 20.0. The maximum absolute atomic E-state index is 15.1. The Kier molecular flexibility index (Phi) is 6.66. The van der Waals surface area contributed by atoms with Gasteiger partial charge in [0.15, 0.2) is 0 Å². The van der Waals surface area contributed by atoms with Crippen molar-refractivity contribution in [2.75, 3.05) is 42.5 Å². The Bertz CT molecular complexity index is 1270. The van der Waals surface area contributed by atoms with Gasteiger partial charge in [-0.15, -0.1) is 5.10 Å². The molecule has 1 atom stereocenters. The van der Waals surface area contributed by atoms with Crippen molar-refractivity contribution >= 4 is 29.5 Å². The van der Waals surface area contributed by atoms with Crippen LogP contribution in [-0.4, -0.2) is 70.7 Å². The standard InChI is InChI=1S/C26H27FN6O3/c1-19-16-32(29-28-19)17-22-18-33(26(35)36-22)21-8-9-24(23(27)15-21)30-11-13-31(14-12-30)25(34)10-7-20-5-3-2-4-6-20/h2-10,15-16,22H,11-14,17-18H2,1H3/b10-7+/t22-/m0/s1. The molecule has 2 fully saturated rings. The number of benzene rings is 2. The Morgan fingerprint density at radius 2 is 1.92 bits per heavy atom. The lowest BCUT2D eigenvalue weighted by molar-refractivity contribution is -0.126. The monoisotopic (exact) mass is 490 g/mol. The molecule has 186 valence electrons. The van der Waals surface area contributed by atoms with Crippen LogP contribution >= 0.6 is 0 Å². The SMILES string of the molecule is Cc1cn(C[C@H]2CN(c3ccc(N4CCN(C(=O)/C=C/c5ccccc5)CC4)c(F)c3)C(=O)O2)nn1. The Balaban J connectivity index is 1.17. The molecule has 0 unspecified atom stereocenters. The molecule has 2 aliphatic rings. The molecule has 9 nitrogen and oxygen atoms in total. The Morgan fingerprint density at radius 3 is 2.61 bits per heavy atom. The van der Waals surface area contributed by atoms with Gasteiger partial charge < -0.3 is 14.5 Å². The number of nitrogens with zero attached hydrogens (tertiary/aromatic N) is 6. The molecule has 2 saturated heterocycles. The summed E-state index contributed by atoms with van der Waals surface area (Å²) in [4.78, 5) is 30.0.